The van der Waals surface area contributed by atoms with Crippen LogP contribution in [-0.2, 0) is 22.4 Å². The van der Waals surface area contributed by atoms with E-state index >= 15 is 0 Å². The summed E-state index contributed by atoms with van der Waals surface area (Å²) in [6, 6.07) is 10.2. The molecule has 1 aromatic heterocycles. The minimum Gasteiger partial charge on any atom is -0.468 e. The third-order valence-corrected chi connectivity index (χ3v) is 4.64. The second kappa shape index (κ2) is 6.62. The van der Waals surface area contributed by atoms with Gasteiger partial charge in [0, 0.05) is 12.8 Å². The molecule has 0 radical (unpaired) electrons. The smallest absolute Gasteiger partial charge is 0.263 e. The number of hydrogen-bond donors (Lipinski definition) is 0. The van der Waals surface area contributed by atoms with Crippen LogP contribution in [0.5, 0.6) is 0 Å². The Bertz CT molecular complexity index is 688. The van der Waals surface area contributed by atoms with Crippen molar-refractivity contribution in [2.75, 3.05) is 6.61 Å². The summed E-state index contributed by atoms with van der Waals surface area (Å²) in [5.41, 5.74) is 1.92. The molecule has 2 heterocycles. The molecule has 116 valence electrons. The van der Waals surface area contributed by atoms with E-state index in [1.807, 2.05) is 32.2 Å². The largest absolute Gasteiger partial charge is 0.468 e. The van der Waals surface area contributed by atoms with Crippen LogP contribution in [0.25, 0.3) is 0 Å². The summed E-state index contributed by atoms with van der Waals surface area (Å²) in [6.45, 7) is 2.36. The van der Waals surface area contributed by atoms with Crippen LogP contribution in [0.1, 0.15) is 18.1 Å². The number of hydrogen-bond acceptors (Lipinski definition) is 5. The average molecular weight is 338 g/mol. The highest BCUT2D eigenvalue weighted by Gasteiger charge is 2.26. The number of halogens is 1. The Morgan fingerprint density at radius 2 is 2.14 bits per heavy atom. The Morgan fingerprint density at radius 1 is 1.36 bits per heavy atom. The highest BCUT2D eigenvalue weighted by atomic mass is 35.5. The van der Waals surface area contributed by atoms with E-state index in [0.717, 1.165) is 10.8 Å². The zero-order valence-corrected chi connectivity index (χ0v) is 13.9. The minimum atomic E-state index is -0.0595. The molecule has 1 aliphatic heterocycles. The first-order valence-corrected chi connectivity index (χ1v) is 8.27. The van der Waals surface area contributed by atoms with Crippen molar-refractivity contribution in [1.29, 1.82) is 0 Å². The van der Waals surface area contributed by atoms with Crippen molar-refractivity contribution >= 4 is 29.3 Å². The predicted molar refractivity (Wildman–Crippen MR) is 87.3 cm³/mol. The van der Waals surface area contributed by atoms with E-state index in [4.69, 9.17) is 21.2 Å². The highest BCUT2D eigenvalue weighted by Crippen LogP contribution is 2.32. The maximum absolute atomic E-state index is 6.25. The SMILES string of the molecule is CC1CON=C(c2c(Cl)nn(C)c2SCc2ccccc2)O1. The molecule has 1 aromatic carbocycles. The second-order valence-electron chi connectivity index (χ2n) is 4.99. The molecular weight excluding hydrogens is 322 g/mol. The molecule has 1 atom stereocenters. The van der Waals surface area contributed by atoms with Crippen LogP contribution >= 0.6 is 23.4 Å². The molecule has 0 N–H and O–H groups in total. The zero-order chi connectivity index (χ0) is 15.5. The van der Waals surface area contributed by atoms with Crippen LogP contribution in [0.15, 0.2) is 40.5 Å². The van der Waals surface area contributed by atoms with E-state index in [1.54, 1.807) is 16.4 Å². The molecule has 0 amide bonds. The van der Waals surface area contributed by atoms with Gasteiger partial charge in [-0.3, -0.25) is 4.68 Å². The number of rotatable bonds is 4. The van der Waals surface area contributed by atoms with Crippen molar-refractivity contribution in [3.63, 3.8) is 0 Å². The Morgan fingerprint density at radius 3 is 2.86 bits per heavy atom. The van der Waals surface area contributed by atoms with Crippen LogP contribution in [0, 0.1) is 0 Å². The summed E-state index contributed by atoms with van der Waals surface area (Å²) in [5, 5.41) is 9.53. The minimum absolute atomic E-state index is 0.0595. The van der Waals surface area contributed by atoms with Crippen molar-refractivity contribution in [1.82, 2.24) is 9.78 Å². The standard InChI is InChI=1S/C15H16ClN3O2S/c1-10-8-20-18-14(21-10)12-13(16)17-19(2)15(12)22-9-11-6-4-3-5-7-11/h3-7,10H,8-9H2,1-2H3. The topological polar surface area (TPSA) is 48.6 Å². The molecule has 5 nitrogen and oxygen atoms in total. The summed E-state index contributed by atoms with van der Waals surface area (Å²) in [7, 11) is 1.86. The number of aryl methyl sites for hydroxylation is 1. The highest BCUT2D eigenvalue weighted by molar-refractivity contribution is 7.98. The van der Waals surface area contributed by atoms with E-state index in [-0.39, 0.29) is 6.10 Å². The van der Waals surface area contributed by atoms with Gasteiger partial charge in [0.2, 0.25) is 0 Å². The second-order valence-corrected chi connectivity index (χ2v) is 6.31. The van der Waals surface area contributed by atoms with E-state index in [2.05, 4.69) is 22.4 Å². The summed E-state index contributed by atoms with van der Waals surface area (Å²) in [4.78, 5) is 5.19. The third-order valence-electron chi connectivity index (χ3n) is 3.15. The number of aromatic nitrogens is 2. The summed E-state index contributed by atoms with van der Waals surface area (Å²) in [5.74, 6) is 1.21. The van der Waals surface area contributed by atoms with E-state index < -0.39 is 0 Å². The van der Waals surface area contributed by atoms with Gasteiger partial charge in [-0.05, 0) is 17.6 Å². The normalized spacial score (nSPS) is 17.6. The van der Waals surface area contributed by atoms with Gasteiger partial charge in [-0.1, -0.05) is 41.9 Å². The van der Waals surface area contributed by atoms with Crippen LogP contribution in [0.4, 0.5) is 0 Å². The Kier molecular flexibility index (Phi) is 4.59. The van der Waals surface area contributed by atoms with Gasteiger partial charge >= 0.3 is 0 Å². The monoisotopic (exact) mass is 337 g/mol. The fourth-order valence-corrected chi connectivity index (χ4v) is 3.49. The first-order valence-electron chi connectivity index (χ1n) is 6.91. The molecule has 1 aliphatic rings. The van der Waals surface area contributed by atoms with Gasteiger partial charge in [-0.15, -0.1) is 11.8 Å². The molecule has 2 aromatic rings. The molecule has 3 rings (SSSR count). The van der Waals surface area contributed by atoms with Crippen LogP contribution in [-0.4, -0.2) is 28.4 Å². The molecule has 0 aliphatic carbocycles. The Labute approximate surface area is 138 Å². The van der Waals surface area contributed by atoms with E-state index in [1.165, 1.54) is 5.56 Å². The van der Waals surface area contributed by atoms with E-state index in [0.29, 0.717) is 23.2 Å². The van der Waals surface area contributed by atoms with Crippen LogP contribution in [0.2, 0.25) is 5.15 Å². The maximum atomic E-state index is 6.25. The van der Waals surface area contributed by atoms with Crippen molar-refractivity contribution in [2.45, 2.75) is 23.8 Å². The lowest BCUT2D eigenvalue weighted by Crippen LogP contribution is -2.25. The Balaban J connectivity index is 1.86. The third kappa shape index (κ3) is 3.23. The lowest BCUT2D eigenvalue weighted by molar-refractivity contribution is 0.0194. The number of thioether (sulfide) groups is 1. The number of nitrogens with zero attached hydrogens (tertiary/aromatic N) is 3. The maximum Gasteiger partial charge on any atom is 0.263 e. The predicted octanol–water partition coefficient (Wildman–Crippen LogP) is 3.46. The summed E-state index contributed by atoms with van der Waals surface area (Å²) < 4.78 is 7.48. The van der Waals surface area contributed by atoms with Gasteiger partial charge in [0.1, 0.15) is 16.7 Å². The molecule has 1 unspecified atom stereocenters. The van der Waals surface area contributed by atoms with E-state index in [9.17, 15) is 0 Å². The molecule has 0 spiro atoms. The fourth-order valence-electron chi connectivity index (χ4n) is 2.10. The van der Waals surface area contributed by atoms with Gasteiger partial charge in [0.25, 0.3) is 5.90 Å². The number of oxime groups is 1. The lowest BCUT2D eigenvalue weighted by atomic mass is 10.2. The van der Waals surface area contributed by atoms with Gasteiger partial charge in [0.15, 0.2) is 11.8 Å². The first kappa shape index (κ1) is 15.2. The van der Waals surface area contributed by atoms with Crippen molar-refractivity contribution < 1.29 is 9.57 Å². The molecule has 0 bridgehead atoms. The molecule has 7 heteroatoms. The molecule has 22 heavy (non-hydrogen) atoms. The Hall–Kier alpha value is -1.66. The van der Waals surface area contributed by atoms with Gasteiger partial charge < -0.3 is 9.57 Å². The summed E-state index contributed by atoms with van der Waals surface area (Å²) in [6.07, 6.45) is -0.0595. The van der Waals surface area contributed by atoms with Crippen LogP contribution < -0.4 is 0 Å². The van der Waals surface area contributed by atoms with Crippen molar-refractivity contribution in [2.24, 2.45) is 12.2 Å². The molecular formula is C15H16ClN3O2S. The molecule has 0 saturated heterocycles. The zero-order valence-electron chi connectivity index (χ0n) is 12.3. The van der Waals surface area contributed by atoms with Crippen molar-refractivity contribution in [3.8, 4) is 0 Å². The quantitative estimate of drug-likeness (QED) is 0.802. The fraction of sp³-hybridized carbons (Fsp3) is 0.333. The van der Waals surface area contributed by atoms with Crippen molar-refractivity contribution in [3.05, 3.63) is 46.6 Å². The van der Waals surface area contributed by atoms with Gasteiger partial charge in [-0.25, -0.2) is 0 Å². The molecule has 0 fully saturated rings. The molecule has 0 saturated carbocycles. The van der Waals surface area contributed by atoms with Gasteiger partial charge in [0.05, 0.1) is 0 Å². The van der Waals surface area contributed by atoms with Crippen LogP contribution in [0.3, 0.4) is 0 Å². The van der Waals surface area contributed by atoms with Gasteiger partial charge in [-0.2, -0.15) is 5.10 Å². The number of ether oxygens (including phenoxy) is 1. The summed E-state index contributed by atoms with van der Waals surface area (Å²) >= 11 is 7.89. The number of benzene rings is 1. The average Bonchev–Trinajstić information content (AvgIpc) is 2.80. The first-order chi connectivity index (χ1) is 10.6. The lowest BCUT2D eigenvalue weighted by Gasteiger charge is -2.19.